The number of nitrogens with zero attached hydrogens (tertiary/aromatic N) is 3. The van der Waals surface area contributed by atoms with Gasteiger partial charge < -0.3 is 20.6 Å². The summed E-state index contributed by atoms with van der Waals surface area (Å²) < 4.78 is 12.2. The third kappa shape index (κ3) is 5.64. The number of anilines is 1. The van der Waals surface area contributed by atoms with Gasteiger partial charge in [0, 0.05) is 5.69 Å². The zero-order valence-corrected chi connectivity index (χ0v) is 17.3. The molecular weight excluding hydrogens is 390 g/mol. The van der Waals surface area contributed by atoms with E-state index in [-0.39, 0.29) is 18.3 Å². The molecule has 9 heteroatoms. The van der Waals surface area contributed by atoms with Crippen LogP contribution in [0, 0.1) is 13.8 Å². The molecule has 1 heterocycles. The SMILES string of the molecule is COc1ccc(NC(=O)CSc2nnc(COc3cc(C)cc(C)c3)n2N)cc1. The summed E-state index contributed by atoms with van der Waals surface area (Å²) in [5.74, 6) is 7.97. The molecule has 2 aromatic carbocycles. The van der Waals surface area contributed by atoms with E-state index < -0.39 is 0 Å². The molecule has 0 aliphatic heterocycles. The van der Waals surface area contributed by atoms with Gasteiger partial charge >= 0.3 is 0 Å². The molecule has 8 nitrogen and oxygen atoms in total. The van der Waals surface area contributed by atoms with Crippen molar-refractivity contribution in [2.45, 2.75) is 25.6 Å². The number of aryl methyl sites for hydroxylation is 2. The van der Waals surface area contributed by atoms with Crippen molar-refractivity contribution in [1.29, 1.82) is 0 Å². The van der Waals surface area contributed by atoms with Crippen molar-refractivity contribution in [3.63, 3.8) is 0 Å². The lowest BCUT2D eigenvalue weighted by molar-refractivity contribution is -0.113. The van der Waals surface area contributed by atoms with Crippen molar-refractivity contribution in [2.75, 3.05) is 24.0 Å². The molecule has 0 saturated heterocycles. The van der Waals surface area contributed by atoms with Crippen LogP contribution in [-0.4, -0.2) is 33.6 Å². The van der Waals surface area contributed by atoms with Crippen LogP contribution in [0.25, 0.3) is 0 Å². The molecule has 0 fully saturated rings. The average molecular weight is 414 g/mol. The van der Waals surface area contributed by atoms with Gasteiger partial charge in [-0.05, 0) is 61.4 Å². The van der Waals surface area contributed by atoms with Gasteiger partial charge in [-0.25, -0.2) is 4.68 Å². The van der Waals surface area contributed by atoms with Gasteiger partial charge in [-0.2, -0.15) is 0 Å². The minimum absolute atomic E-state index is 0.152. The van der Waals surface area contributed by atoms with Crippen LogP contribution in [0.1, 0.15) is 17.0 Å². The van der Waals surface area contributed by atoms with Crippen molar-refractivity contribution in [3.8, 4) is 11.5 Å². The number of aromatic nitrogens is 3. The van der Waals surface area contributed by atoms with E-state index in [9.17, 15) is 4.79 Å². The number of nitrogens with two attached hydrogens (primary N) is 1. The fourth-order valence-electron chi connectivity index (χ4n) is 2.67. The molecule has 1 aromatic heterocycles. The van der Waals surface area contributed by atoms with Crippen LogP contribution in [0.2, 0.25) is 0 Å². The van der Waals surface area contributed by atoms with Crippen molar-refractivity contribution < 1.29 is 14.3 Å². The molecule has 0 unspecified atom stereocenters. The van der Waals surface area contributed by atoms with Gasteiger partial charge in [0.05, 0.1) is 12.9 Å². The lowest BCUT2D eigenvalue weighted by Crippen LogP contribution is -2.18. The van der Waals surface area contributed by atoms with E-state index in [1.165, 1.54) is 16.4 Å². The number of amides is 1. The molecule has 0 radical (unpaired) electrons. The normalized spacial score (nSPS) is 10.6. The Morgan fingerprint density at radius 2 is 1.79 bits per heavy atom. The molecule has 3 rings (SSSR count). The highest BCUT2D eigenvalue weighted by Gasteiger charge is 2.13. The summed E-state index contributed by atoms with van der Waals surface area (Å²) >= 11 is 1.20. The summed E-state index contributed by atoms with van der Waals surface area (Å²) in [6.07, 6.45) is 0. The van der Waals surface area contributed by atoms with Crippen LogP contribution in [0.15, 0.2) is 47.6 Å². The number of thioether (sulfide) groups is 1. The molecule has 1 amide bonds. The first-order chi connectivity index (χ1) is 13.9. The first-order valence-corrected chi connectivity index (χ1v) is 9.90. The maximum absolute atomic E-state index is 12.1. The van der Waals surface area contributed by atoms with Crippen molar-refractivity contribution >= 4 is 23.4 Å². The summed E-state index contributed by atoms with van der Waals surface area (Å²) in [6.45, 7) is 4.21. The van der Waals surface area contributed by atoms with Crippen LogP contribution < -0.4 is 20.6 Å². The average Bonchev–Trinajstić information content (AvgIpc) is 3.04. The summed E-state index contributed by atoms with van der Waals surface area (Å²) in [4.78, 5) is 12.1. The van der Waals surface area contributed by atoms with E-state index in [4.69, 9.17) is 15.3 Å². The Morgan fingerprint density at radius 1 is 1.10 bits per heavy atom. The van der Waals surface area contributed by atoms with Gasteiger partial charge in [0.2, 0.25) is 11.1 Å². The molecule has 0 spiro atoms. The number of rotatable bonds is 8. The molecule has 0 bridgehead atoms. The predicted octanol–water partition coefficient (Wildman–Crippen LogP) is 2.93. The standard InChI is InChI=1S/C20H23N5O3S/c1-13-8-14(2)10-17(9-13)28-11-18-23-24-20(25(18)21)29-12-19(26)22-15-4-6-16(27-3)7-5-15/h4-10H,11-12,21H2,1-3H3,(H,22,26). The minimum atomic E-state index is -0.170. The summed E-state index contributed by atoms with van der Waals surface area (Å²) in [5.41, 5.74) is 2.93. The number of nitrogen functional groups attached to an aromatic ring is 1. The maximum atomic E-state index is 12.1. The number of hydrogen-bond donors (Lipinski definition) is 2. The first-order valence-electron chi connectivity index (χ1n) is 8.92. The molecule has 0 saturated carbocycles. The summed E-state index contributed by atoms with van der Waals surface area (Å²) in [7, 11) is 1.59. The van der Waals surface area contributed by atoms with E-state index in [2.05, 4.69) is 21.6 Å². The fourth-order valence-corrected chi connectivity index (χ4v) is 3.35. The highest BCUT2D eigenvalue weighted by atomic mass is 32.2. The van der Waals surface area contributed by atoms with Crippen LogP contribution in [-0.2, 0) is 11.4 Å². The van der Waals surface area contributed by atoms with Crippen LogP contribution >= 0.6 is 11.8 Å². The van der Waals surface area contributed by atoms with Crippen LogP contribution in [0.4, 0.5) is 5.69 Å². The Bertz CT molecular complexity index is 968. The minimum Gasteiger partial charge on any atom is -0.497 e. The Labute approximate surface area is 173 Å². The second kappa shape index (κ2) is 9.33. The van der Waals surface area contributed by atoms with Crippen LogP contribution in [0.5, 0.6) is 11.5 Å². The summed E-state index contributed by atoms with van der Waals surface area (Å²) in [6, 6.07) is 13.1. The van der Waals surface area contributed by atoms with Crippen molar-refractivity contribution in [1.82, 2.24) is 14.9 Å². The largest absolute Gasteiger partial charge is 0.497 e. The Morgan fingerprint density at radius 3 is 2.45 bits per heavy atom. The smallest absolute Gasteiger partial charge is 0.234 e. The molecule has 29 heavy (non-hydrogen) atoms. The third-order valence-electron chi connectivity index (χ3n) is 4.00. The molecule has 152 valence electrons. The van der Waals surface area contributed by atoms with Crippen molar-refractivity contribution in [2.24, 2.45) is 0 Å². The van der Waals surface area contributed by atoms with Gasteiger partial charge in [0.15, 0.2) is 5.82 Å². The number of carbonyl (C=O) groups excluding carboxylic acids is 1. The zero-order chi connectivity index (χ0) is 20.8. The van der Waals surface area contributed by atoms with Crippen molar-refractivity contribution in [3.05, 3.63) is 59.4 Å². The zero-order valence-electron chi connectivity index (χ0n) is 16.5. The number of nitrogens with one attached hydrogen (secondary N) is 1. The highest BCUT2D eigenvalue weighted by Crippen LogP contribution is 2.20. The van der Waals surface area contributed by atoms with Crippen LogP contribution in [0.3, 0.4) is 0 Å². The summed E-state index contributed by atoms with van der Waals surface area (Å²) in [5, 5.41) is 11.3. The second-order valence-corrected chi connectivity index (χ2v) is 7.39. The number of methoxy groups -OCH3 is 1. The Kier molecular flexibility index (Phi) is 6.61. The van der Waals surface area contributed by atoms with E-state index in [0.717, 1.165) is 22.6 Å². The number of benzene rings is 2. The highest BCUT2D eigenvalue weighted by molar-refractivity contribution is 7.99. The lowest BCUT2D eigenvalue weighted by atomic mass is 10.1. The molecule has 0 aliphatic rings. The predicted molar refractivity (Wildman–Crippen MR) is 113 cm³/mol. The molecule has 3 aromatic rings. The van der Waals surface area contributed by atoms with Gasteiger partial charge in [-0.1, -0.05) is 17.8 Å². The molecule has 0 atom stereocenters. The number of ether oxygens (including phenoxy) is 2. The topological polar surface area (TPSA) is 104 Å². The van der Waals surface area contributed by atoms with Gasteiger partial charge in [-0.3, -0.25) is 4.79 Å². The third-order valence-corrected chi connectivity index (χ3v) is 4.95. The molecule has 0 aliphatic carbocycles. The van der Waals surface area contributed by atoms with E-state index in [1.807, 2.05) is 26.0 Å². The fraction of sp³-hybridized carbons (Fsp3) is 0.250. The maximum Gasteiger partial charge on any atom is 0.234 e. The monoisotopic (exact) mass is 413 g/mol. The molecular formula is C20H23N5O3S. The number of hydrogen-bond acceptors (Lipinski definition) is 7. The number of carbonyl (C=O) groups is 1. The first kappa shape index (κ1) is 20.5. The quantitative estimate of drug-likeness (QED) is 0.432. The second-order valence-electron chi connectivity index (χ2n) is 6.45. The van der Waals surface area contributed by atoms with E-state index >= 15 is 0 Å². The van der Waals surface area contributed by atoms with Gasteiger partial charge in [0.25, 0.3) is 0 Å². The molecule has 3 N–H and O–H groups in total. The van der Waals surface area contributed by atoms with Gasteiger partial charge in [0.1, 0.15) is 18.1 Å². The Balaban J connectivity index is 1.52. The van der Waals surface area contributed by atoms with Gasteiger partial charge in [-0.15, -0.1) is 10.2 Å². The Hall–Kier alpha value is -3.20. The van der Waals surface area contributed by atoms with E-state index in [1.54, 1.807) is 31.4 Å². The van der Waals surface area contributed by atoms with E-state index in [0.29, 0.717) is 16.7 Å². The lowest BCUT2D eigenvalue weighted by Gasteiger charge is -2.08.